The summed E-state index contributed by atoms with van der Waals surface area (Å²) >= 11 is 0. The van der Waals surface area contributed by atoms with Gasteiger partial charge in [-0.15, -0.1) is 0 Å². The van der Waals surface area contributed by atoms with E-state index in [9.17, 15) is 19.8 Å². The zero-order valence-electron chi connectivity index (χ0n) is 12.6. The normalized spacial score (nSPS) is 24.3. The zero-order chi connectivity index (χ0) is 15.3. The summed E-state index contributed by atoms with van der Waals surface area (Å²) < 4.78 is 0. The monoisotopic (exact) mass is 286 g/mol. The number of hydrogen-bond donors (Lipinski definition) is 2. The predicted molar refractivity (Wildman–Crippen MR) is 75.5 cm³/mol. The standard InChI is InChI=1S/C14H26N2O4/c1-4-14(12(18)19)7-5-8-16(10-14)13(20)15(3)9-6-11(2)17/h11,17H,4-10H2,1-3H3,(H,18,19). The van der Waals surface area contributed by atoms with Gasteiger partial charge in [0.2, 0.25) is 0 Å². The Balaban J connectivity index is 2.66. The largest absolute Gasteiger partial charge is 0.481 e. The molecule has 0 aromatic rings. The Hall–Kier alpha value is -1.30. The summed E-state index contributed by atoms with van der Waals surface area (Å²) in [5, 5.41) is 18.7. The van der Waals surface area contributed by atoms with Gasteiger partial charge in [-0.1, -0.05) is 6.92 Å². The SMILES string of the molecule is CCC1(C(=O)O)CCCN(C(=O)N(C)CCC(C)O)C1. The van der Waals surface area contributed by atoms with Gasteiger partial charge < -0.3 is 20.0 Å². The first kappa shape index (κ1) is 16.8. The lowest BCUT2D eigenvalue weighted by Crippen LogP contribution is -2.53. The maximum Gasteiger partial charge on any atom is 0.319 e. The molecular weight excluding hydrogens is 260 g/mol. The molecule has 1 saturated heterocycles. The van der Waals surface area contributed by atoms with Crippen molar-refractivity contribution >= 4 is 12.0 Å². The van der Waals surface area contributed by atoms with Gasteiger partial charge in [0.05, 0.1) is 11.5 Å². The van der Waals surface area contributed by atoms with Gasteiger partial charge in [-0.05, 0) is 32.6 Å². The molecule has 0 aliphatic carbocycles. The van der Waals surface area contributed by atoms with Crippen molar-refractivity contribution in [3.05, 3.63) is 0 Å². The van der Waals surface area contributed by atoms with Crippen LogP contribution >= 0.6 is 0 Å². The molecule has 1 aliphatic rings. The number of urea groups is 1. The van der Waals surface area contributed by atoms with E-state index < -0.39 is 17.5 Å². The number of amides is 2. The highest BCUT2D eigenvalue weighted by atomic mass is 16.4. The Kier molecular flexibility index (Phi) is 5.80. The predicted octanol–water partition coefficient (Wildman–Crippen LogP) is 1.39. The number of carbonyl (C=O) groups excluding carboxylic acids is 1. The smallest absolute Gasteiger partial charge is 0.319 e. The third-order valence-electron chi connectivity index (χ3n) is 4.19. The van der Waals surface area contributed by atoms with Crippen LogP contribution in [-0.4, -0.2) is 64.8 Å². The second-order valence-electron chi connectivity index (χ2n) is 5.81. The van der Waals surface area contributed by atoms with E-state index in [1.165, 1.54) is 0 Å². The van der Waals surface area contributed by atoms with Crippen molar-refractivity contribution in [3.8, 4) is 0 Å². The van der Waals surface area contributed by atoms with E-state index in [-0.39, 0.29) is 12.6 Å². The minimum absolute atomic E-state index is 0.149. The topological polar surface area (TPSA) is 81.1 Å². The molecule has 2 unspecified atom stereocenters. The molecule has 6 nitrogen and oxygen atoms in total. The maximum absolute atomic E-state index is 12.3. The molecule has 6 heteroatoms. The fraction of sp³-hybridized carbons (Fsp3) is 0.857. The van der Waals surface area contributed by atoms with Gasteiger partial charge in [0.15, 0.2) is 0 Å². The third-order valence-corrected chi connectivity index (χ3v) is 4.19. The van der Waals surface area contributed by atoms with Crippen LogP contribution < -0.4 is 0 Å². The molecule has 2 amide bonds. The van der Waals surface area contributed by atoms with Crippen molar-refractivity contribution in [1.29, 1.82) is 0 Å². The number of carbonyl (C=O) groups is 2. The summed E-state index contributed by atoms with van der Waals surface area (Å²) in [4.78, 5) is 27.0. The molecule has 2 atom stereocenters. The van der Waals surface area contributed by atoms with E-state index in [1.54, 1.807) is 23.8 Å². The van der Waals surface area contributed by atoms with Crippen molar-refractivity contribution in [2.45, 2.75) is 45.6 Å². The number of aliphatic hydroxyl groups excluding tert-OH is 1. The molecule has 1 heterocycles. The molecule has 0 saturated carbocycles. The van der Waals surface area contributed by atoms with Crippen molar-refractivity contribution in [1.82, 2.24) is 9.80 Å². The quantitative estimate of drug-likeness (QED) is 0.800. The van der Waals surface area contributed by atoms with Crippen molar-refractivity contribution < 1.29 is 19.8 Å². The maximum atomic E-state index is 12.3. The zero-order valence-corrected chi connectivity index (χ0v) is 12.6. The molecule has 20 heavy (non-hydrogen) atoms. The van der Waals surface area contributed by atoms with Crippen molar-refractivity contribution in [2.24, 2.45) is 5.41 Å². The summed E-state index contributed by atoms with van der Waals surface area (Å²) in [6, 6.07) is -0.149. The number of likely N-dealkylation sites (tertiary alicyclic amines) is 1. The first-order valence-corrected chi connectivity index (χ1v) is 7.24. The minimum Gasteiger partial charge on any atom is -0.481 e. The van der Waals surface area contributed by atoms with E-state index in [2.05, 4.69) is 0 Å². The summed E-state index contributed by atoms with van der Waals surface area (Å²) in [6.45, 7) is 4.90. The number of hydrogen-bond acceptors (Lipinski definition) is 3. The minimum atomic E-state index is -0.816. The highest BCUT2D eigenvalue weighted by Crippen LogP contribution is 2.34. The molecule has 0 aromatic heterocycles. The van der Waals surface area contributed by atoms with E-state index in [1.807, 2.05) is 6.92 Å². The molecule has 0 aromatic carbocycles. The molecule has 2 N–H and O–H groups in total. The van der Waals surface area contributed by atoms with Crippen LogP contribution in [0.1, 0.15) is 39.5 Å². The number of aliphatic carboxylic acids is 1. The van der Waals surface area contributed by atoms with Crippen LogP contribution in [0, 0.1) is 5.41 Å². The van der Waals surface area contributed by atoms with Gasteiger partial charge in [-0.25, -0.2) is 4.79 Å². The fourth-order valence-corrected chi connectivity index (χ4v) is 2.63. The van der Waals surface area contributed by atoms with E-state index in [0.717, 1.165) is 6.42 Å². The molecular formula is C14H26N2O4. The van der Waals surface area contributed by atoms with Gasteiger partial charge in [0.1, 0.15) is 0 Å². The number of carboxylic acids is 1. The number of rotatable bonds is 5. The molecule has 1 rings (SSSR count). The lowest BCUT2D eigenvalue weighted by molar-refractivity contribution is -0.152. The van der Waals surface area contributed by atoms with Crippen LogP contribution in [0.25, 0.3) is 0 Å². The Morgan fingerprint density at radius 2 is 2.10 bits per heavy atom. The van der Waals surface area contributed by atoms with Gasteiger partial charge >= 0.3 is 12.0 Å². The van der Waals surface area contributed by atoms with Crippen LogP contribution in [0.5, 0.6) is 0 Å². The van der Waals surface area contributed by atoms with E-state index in [4.69, 9.17) is 0 Å². The second-order valence-corrected chi connectivity index (χ2v) is 5.81. The number of nitrogens with zero attached hydrogens (tertiary/aromatic N) is 2. The molecule has 1 fully saturated rings. The fourth-order valence-electron chi connectivity index (χ4n) is 2.63. The van der Waals surface area contributed by atoms with Gasteiger partial charge in [0, 0.05) is 26.7 Å². The first-order valence-electron chi connectivity index (χ1n) is 7.24. The van der Waals surface area contributed by atoms with Crippen LogP contribution in [0.2, 0.25) is 0 Å². The van der Waals surface area contributed by atoms with Gasteiger partial charge in [0.25, 0.3) is 0 Å². The van der Waals surface area contributed by atoms with E-state index in [0.29, 0.717) is 32.4 Å². The highest BCUT2D eigenvalue weighted by Gasteiger charge is 2.42. The Morgan fingerprint density at radius 1 is 1.45 bits per heavy atom. The average molecular weight is 286 g/mol. The summed E-state index contributed by atoms with van der Waals surface area (Å²) in [6.07, 6.45) is 1.95. The average Bonchev–Trinajstić information content (AvgIpc) is 2.43. The second kappa shape index (κ2) is 6.92. The van der Waals surface area contributed by atoms with E-state index >= 15 is 0 Å². The molecule has 1 aliphatic heterocycles. The number of piperidine rings is 1. The molecule has 0 bridgehead atoms. The number of carboxylic acid groups (broad SMARTS) is 1. The lowest BCUT2D eigenvalue weighted by Gasteiger charge is -2.40. The highest BCUT2D eigenvalue weighted by molar-refractivity contribution is 5.78. The Morgan fingerprint density at radius 3 is 2.60 bits per heavy atom. The van der Waals surface area contributed by atoms with Gasteiger partial charge in [-0.2, -0.15) is 0 Å². The number of aliphatic hydroxyl groups is 1. The van der Waals surface area contributed by atoms with Crippen LogP contribution in [0.15, 0.2) is 0 Å². The third kappa shape index (κ3) is 3.85. The lowest BCUT2D eigenvalue weighted by atomic mass is 9.78. The molecule has 0 spiro atoms. The molecule has 116 valence electrons. The van der Waals surface area contributed by atoms with Gasteiger partial charge in [-0.3, -0.25) is 4.79 Å². The van der Waals surface area contributed by atoms with Crippen LogP contribution in [-0.2, 0) is 4.79 Å². The first-order chi connectivity index (χ1) is 9.32. The van der Waals surface area contributed by atoms with Crippen molar-refractivity contribution in [3.63, 3.8) is 0 Å². The van der Waals surface area contributed by atoms with Crippen LogP contribution in [0.4, 0.5) is 4.79 Å². The molecule has 0 radical (unpaired) electrons. The summed E-state index contributed by atoms with van der Waals surface area (Å²) in [5.41, 5.74) is -0.807. The summed E-state index contributed by atoms with van der Waals surface area (Å²) in [7, 11) is 1.69. The van der Waals surface area contributed by atoms with Crippen LogP contribution in [0.3, 0.4) is 0 Å². The van der Waals surface area contributed by atoms with Crippen molar-refractivity contribution in [2.75, 3.05) is 26.7 Å². The Bertz CT molecular complexity index is 359. The Labute approximate surface area is 120 Å². The summed E-state index contributed by atoms with van der Waals surface area (Å²) in [5.74, 6) is -0.816.